The summed E-state index contributed by atoms with van der Waals surface area (Å²) in [5, 5.41) is 7.82. The van der Waals surface area contributed by atoms with Crippen LogP contribution in [0.2, 0.25) is 10.0 Å². The summed E-state index contributed by atoms with van der Waals surface area (Å²) < 4.78 is 57.5. The normalized spacial score (nSPS) is 24.0. The van der Waals surface area contributed by atoms with Crippen LogP contribution in [0.4, 0.5) is 17.6 Å². The van der Waals surface area contributed by atoms with Crippen molar-refractivity contribution in [2.45, 2.75) is 192 Å². The molecule has 4 aromatic carbocycles. The Morgan fingerprint density at radius 2 is 0.835 bits per heavy atom. The Hall–Kier alpha value is -4.73. The zero-order valence-electron chi connectivity index (χ0n) is 52.2. The van der Waals surface area contributed by atoms with E-state index in [-0.39, 0.29) is 81.6 Å². The molecule has 4 aromatic rings. The number of carbonyl (C=O) groups excluding carboxylic acids is 4. The Kier molecular flexibility index (Phi) is 19.0. The fraction of sp³-hybridized carbons (Fsp3) is 0.588. The number of halogens is 7. The van der Waals surface area contributed by atoms with Crippen molar-refractivity contribution in [2.75, 3.05) is 52.4 Å². The summed E-state index contributed by atoms with van der Waals surface area (Å²) >= 11 is 13.3. The maximum atomic E-state index is 15.0. The second-order valence-corrected chi connectivity index (χ2v) is 29.6. The van der Waals surface area contributed by atoms with Crippen molar-refractivity contribution in [3.05, 3.63) is 138 Å². The lowest BCUT2D eigenvalue weighted by atomic mass is 9.71. The molecule has 0 aromatic heterocycles. The van der Waals surface area contributed by atoms with E-state index in [0.717, 1.165) is 71.8 Å². The molecule has 0 saturated carbocycles. The molecule has 4 fully saturated rings. The first-order valence-corrected chi connectivity index (χ1v) is 31.0. The molecule has 2 aliphatic carbocycles. The van der Waals surface area contributed by atoms with Gasteiger partial charge < -0.3 is 20.4 Å². The first-order chi connectivity index (χ1) is 39.0. The molecule has 464 valence electrons. The van der Waals surface area contributed by atoms with Crippen LogP contribution in [0.1, 0.15) is 190 Å². The number of carbonyl (C=O) groups is 4. The van der Waals surface area contributed by atoms with Gasteiger partial charge in [-0.15, -0.1) is 12.4 Å². The van der Waals surface area contributed by atoms with Gasteiger partial charge in [0.1, 0.15) is 23.3 Å². The predicted octanol–water partition coefficient (Wildman–Crippen LogP) is 13.8. The first-order valence-electron chi connectivity index (χ1n) is 30.2. The van der Waals surface area contributed by atoms with Crippen LogP contribution >= 0.6 is 35.6 Å². The van der Waals surface area contributed by atoms with E-state index in [2.05, 4.69) is 114 Å². The molecular formula is C68H89Cl3F4N6O4. The predicted molar refractivity (Wildman–Crippen MR) is 333 cm³/mol. The van der Waals surface area contributed by atoms with Crippen LogP contribution in [0.3, 0.4) is 0 Å². The van der Waals surface area contributed by atoms with Gasteiger partial charge in [-0.2, -0.15) is 0 Å². The van der Waals surface area contributed by atoms with Gasteiger partial charge in [-0.05, 0) is 201 Å². The summed E-state index contributed by atoms with van der Waals surface area (Å²) in [6.45, 7) is 32.7. The molecule has 4 saturated heterocycles. The lowest BCUT2D eigenvalue weighted by Gasteiger charge is -2.42. The Morgan fingerprint density at radius 3 is 1.13 bits per heavy atom. The van der Waals surface area contributed by atoms with Gasteiger partial charge >= 0.3 is 0 Å². The average Bonchev–Trinajstić information content (AvgIpc) is 2.08. The lowest BCUT2D eigenvalue weighted by Crippen LogP contribution is -2.49. The third-order valence-corrected chi connectivity index (χ3v) is 21.3. The van der Waals surface area contributed by atoms with Crippen molar-refractivity contribution in [2.24, 2.45) is 11.8 Å². The summed E-state index contributed by atoms with van der Waals surface area (Å²) in [5.74, 6) is -3.68. The van der Waals surface area contributed by atoms with Crippen LogP contribution in [0.5, 0.6) is 0 Å². The number of rotatable bonds is 8. The molecule has 17 heteroatoms. The van der Waals surface area contributed by atoms with E-state index in [1.165, 1.54) is 46.5 Å². The molecule has 0 bridgehead atoms. The van der Waals surface area contributed by atoms with Gasteiger partial charge in [0, 0.05) is 134 Å². The number of piperidine rings is 2. The minimum Gasteiger partial charge on any atom is -0.351 e. The molecule has 4 heterocycles. The van der Waals surface area contributed by atoms with Crippen LogP contribution in [-0.4, -0.2) is 118 Å². The number of amides is 4. The summed E-state index contributed by atoms with van der Waals surface area (Å²) in [6.07, 6.45) is 4.93. The molecule has 2 N–H and O–H groups in total. The monoisotopic (exact) mass is 1230 g/mol. The van der Waals surface area contributed by atoms with Crippen LogP contribution < -0.4 is 10.6 Å². The van der Waals surface area contributed by atoms with Crippen molar-refractivity contribution < 1.29 is 36.7 Å². The molecule has 6 aliphatic rings. The highest BCUT2D eigenvalue weighted by atomic mass is 35.5. The van der Waals surface area contributed by atoms with Gasteiger partial charge in [0.25, 0.3) is 0 Å². The van der Waals surface area contributed by atoms with E-state index in [0.29, 0.717) is 63.5 Å². The minimum absolute atomic E-state index is 0. The molecule has 6 atom stereocenters. The molecule has 10 rings (SSSR count). The summed E-state index contributed by atoms with van der Waals surface area (Å²) in [7, 11) is 0. The fourth-order valence-electron chi connectivity index (χ4n) is 15.7. The minimum atomic E-state index is -0.613. The van der Waals surface area contributed by atoms with Crippen LogP contribution in [-0.2, 0) is 30.0 Å². The average molecular weight is 1240 g/mol. The van der Waals surface area contributed by atoms with E-state index in [4.69, 9.17) is 23.2 Å². The topological polar surface area (TPSA) is 105 Å². The molecule has 2 spiro atoms. The zero-order valence-corrected chi connectivity index (χ0v) is 54.6. The first kappa shape index (κ1) is 66.2. The van der Waals surface area contributed by atoms with Crippen molar-refractivity contribution in [3.8, 4) is 0 Å². The maximum absolute atomic E-state index is 15.0. The highest BCUT2D eigenvalue weighted by Gasteiger charge is 2.54. The second kappa shape index (κ2) is 24.3. The zero-order chi connectivity index (χ0) is 61.6. The van der Waals surface area contributed by atoms with E-state index in [9.17, 15) is 36.7 Å². The van der Waals surface area contributed by atoms with Gasteiger partial charge in [0.15, 0.2) is 0 Å². The van der Waals surface area contributed by atoms with E-state index in [1.54, 1.807) is 13.8 Å². The SMILES string of the molecule is CC(=O)NC(C)(C)[C@@H]1CC2(CCN(C(=O)[C@@H]3CN(C(C)(C)C)C[C@H]3c3ccc(F)cc3F)CC2)c2cc(Cl)c(C)cc21.CC(=O)NC(C)(C)[C@@H]1CC2(CCN(C(=O)[C@@H]3CN(C(C)(C)C)C[C@H]3c3ccc(F)cc3F)CC2)c2cc(Cl)c(C)cc21.Cl. The number of aryl methyl sites for hydroxylation is 2. The fourth-order valence-corrected chi connectivity index (χ4v) is 16.0. The van der Waals surface area contributed by atoms with E-state index < -0.39 is 46.2 Å². The number of nitrogens with zero attached hydrogens (tertiary/aromatic N) is 4. The van der Waals surface area contributed by atoms with E-state index in [1.807, 2.05) is 23.6 Å². The van der Waals surface area contributed by atoms with Gasteiger partial charge in [-0.3, -0.25) is 29.0 Å². The van der Waals surface area contributed by atoms with Gasteiger partial charge in [0.2, 0.25) is 23.6 Å². The van der Waals surface area contributed by atoms with Crippen LogP contribution in [0, 0.1) is 49.0 Å². The van der Waals surface area contributed by atoms with Gasteiger partial charge in [-0.25, -0.2) is 17.6 Å². The Bertz CT molecular complexity index is 3000. The van der Waals surface area contributed by atoms with Gasteiger partial charge in [0.05, 0.1) is 11.8 Å². The Balaban J connectivity index is 0.000000219. The van der Waals surface area contributed by atoms with Crippen molar-refractivity contribution in [1.29, 1.82) is 0 Å². The standard InChI is InChI=1S/2C34H44ClF2N3O2.ClH/c2*1-20-14-24-27(16-29(20)35)34(17-28(24)33(6,7)38-21(2)41)10-12-39(13-11-34)31(42)26-19-40(32(3,4)5)18-25(26)23-9-8-22(36)15-30(23)37;/h2*8-9,14-16,25-26,28H,10-13,17-19H2,1-7H3,(H,38,41);1H/t2*25-,26+,28+;/m00./s1. The second-order valence-electron chi connectivity index (χ2n) is 28.8. The largest absolute Gasteiger partial charge is 0.351 e. The summed E-state index contributed by atoms with van der Waals surface area (Å²) in [5.41, 5.74) is 6.28. The molecule has 4 amide bonds. The van der Waals surface area contributed by atoms with Crippen LogP contribution in [0.15, 0.2) is 60.7 Å². The van der Waals surface area contributed by atoms with Crippen molar-refractivity contribution in [1.82, 2.24) is 30.2 Å². The molecular weight excluding hydrogens is 1150 g/mol. The maximum Gasteiger partial charge on any atom is 0.227 e. The summed E-state index contributed by atoms with van der Waals surface area (Å²) in [6, 6.07) is 16.0. The van der Waals surface area contributed by atoms with Crippen molar-refractivity contribution >= 4 is 59.2 Å². The van der Waals surface area contributed by atoms with Crippen molar-refractivity contribution in [3.63, 3.8) is 0 Å². The number of benzene rings is 4. The highest BCUT2D eigenvalue weighted by Crippen LogP contribution is 2.58. The van der Waals surface area contributed by atoms with Crippen LogP contribution in [0.25, 0.3) is 0 Å². The molecule has 4 aliphatic heterocycles. The number of likely N-dealkylation sites (tertiary alicyclic amines) is 4. The van der Waals surface area contributed by atoms with Gasteiger partial charge in [-0.1, -0.05) is 47.5 Å². The Morgan fingerprint density at radius 1 is 0.506 bits per heavy atom. The third kappa shape index (κ3) is 13.2. The highest BCUT2D eigenvalue weighted by molar-refractivity contribution is 6.31. The quantitative estimate of drug-likeness (QED) is 0.170. The number of nitrogens with one attached hydrogen (secondary N) is 2. The molecule has 10 nitrogen and oxygen atoms in total. The Labute approximate surface area is 518 Å². The molecule has 85 heavy (non-hydrogen) atoms. The third-order valence-electron chi connectivity index (χ3n) is 20.4. The smallest absolute Gasteiger partial charge is 0.227 e. The number of fused-ring (bicyclic) bond motifs is 4. The van der Waals surface area contributed by atoms with E-state index >= 15 is 0 Å². The molecule has 0 radical (unpaired) electrons. The lowest BCUT2D eigenvalue weighted by molar-refractivity contribution is -0.138. The molecule has 0 unspecified atom stereocenters. The summed E-state index contributed by atoms with van der Waals surface area (Å²) in [4.78, 5) is 60.9. The number of hydrogen-bond acceptors (Lipinski definition) is 6. The number of hydrogen-bond donors (Lipinski definition) is 2.